The number of aliphatic hydroxyl groups is 1. The number of benzene rings is 6. The Balaban J connectivity index is 1.55. The second-order valence-corrected chi connectivity index (χ2v) is 21.4. The summed E-state index contributed by atoms with van der Waals surface area (Å²) in [4.78, 5) is 14.6. The summed E-state index contributed by atoms with van der Waals surface area (Å²) in [5.41, 5.74) is 1.86. The fourth-order valence-electron chi connectivity index (χ4n) is 7.04. The number of ketones is 1. The first-order valence-electron chi connectivity index (χ1n) is 16.0. The quantitative estimate of drug-likeness (QED) is 0.145. The van der Waals surface area contributed by atoms with Crippen molar-refractivity contribution in [2.45, 2.75) is 17.7 Å². The Labute approximate surface area is 292 Å². The number of hydrogen-bond donors (Lipinski definition) is 1. The van der Waals surface area contributed by atoms with Gasteiger partial charge in [-0.2, -0.15) is 0 Å². The molecule has 6 heteroatoms. The molecule has 0 fully saturated rings. The fourth-order valence-corrected chi connectivity index (χ4v) is 16.6. The first kappa shape index (κ1) is 32.4. The maximum Gasteiger partial charge on any atom is 0.194 e. The van der Waals surface area contributed by atoms with Gasteiger partial charge in [-0.1, -0.05) is 200 Å². The summed E-state index contributed by atoms with van der Waals surface area (Å²) in [7, 11) is 0. The van der Waals surface area contributed by atoms with Crippen molar-refractivity contribution >= 4 is 68.4 Å². The van der Waals surface area contributed by atoms with Crippen LogP contribution in [0.3, 0.4) is 0 Å². The van der Waals surface area contributed by atoms with Crippen molar-refractivity contribution in [2.75, 3.05) is 0 Å². The summed E-state index contributed by atoms with van der Waals surface area (Å²) in [5.74, 6) is -0.130. The van der Waals surface area contributed by atoms with Crippen LogP contribution in [0.4, 0.5) is 0 Å². The van der Waals surface area contributed by atoms with Crippen LogP contribution in [0, 0.1) is 0 Å². The largest absolute Gasteiger partial charge is 0.507 e. The average Bonchev–Trinajstić information content (AvgIpc) is 3.41. The normalized spacial score (nSPS) is 14.4. The zero-order valence-electron chi connectivity index (χ0n) is 26.2. The van der Waals surface area contributed by atoms with Gasteiger partial charge < -0.3 is 5.11 Å². The van der Waals surface area contributed by atoms with Gasteiger partial charge in [0.15, 0.2) is 5.78 Å². The lowest BCUT2D eigenvalue weighted by molar-refractivity contribution is 0.103. The van der Waals surface area contributed by atoms with E-state index in [0.29, 0.717) is 23.1 Å². The van der Waals surface area contributed by atoms with E-state index >= 15 is 0 Å². The predicted molar refractivity (Wildman–Crippen MR) is 211 cm³/mol. The van der Waals surface area contributed by atoms with E-state index in [1.54, 1.807) is 6.07 Å². The topological polar surface area (TPSA) is 37.3 Å². The molecule has 1 aliphatic carbocycles. The van der Waals surface area contributed by atoms with Crippen molar-refractivity contribution in [1.29, 1.82) is 0 Å². The van der Waals surface area contributed by atoms with Crippen LogP contribution in [0.2, 0.25) is 0 Å². The summed E-state index contributed by atoms with van der Waals surface area (Å²) in [6, 6.07) is 53.6. The standard InChI is InChI=1S/C42H34O2P2S2/c43-41-36-28-16-17-29-37(36)42(44)40(41)39(46(48,34-24-12-4-13-25-34)35-26-14-5-15-27-35)30-38(31-18-6-1-7-19-31)45(47,32-20-8-2-9-21-32)33-22-10-3-11-23-33/h1-29,38-39,43H,30H2/t38-,39-/m0/s1. The number of carbonyl (C=O) groups excluding carboxylic acids is 1. The number of hydrogen-bond acceptors (Lipinski definition) is 4. The molecule has 0 bridgehead atoms. The molecule has 6 aromatic carbocycles. The molecular formula is C42H34O2P2S2. The van der Waals surface area contributed by atoms with Gasteiger partial charge in [0.25, 0.3) is 0 Å². The Bertz CT molecular complexity index is 2100. The van der Waals surface area contributed by atoms with Crippen molar-refractivity contribution in [3.05, 3.63) is 198 Å². The maximum absolute atomic E-state index is 14.6. The van der Waals surface area contributed by atoms with Crippen LogP contribution in [0.15, 0.2) is 181 Å². The Morgan fingerprint density at radius 1 is 0.458 bits per heavy atom. The number of aliphatic hydroxyl groups excluding tert-OH is 1. The third-order valence-electron chi connectivity index (χ3n) is 9.33. The zero-order chi connectivity index (χ0) is 33.1. The minimum Gasteiger partial charge on any atom is -0.507 e. The summed E-state index contributed by atoms with van der Waals surface area (Å²) in [6.07, 6.45) is 0.477. The molecule has 0 aromatic heterocycles. The number of rotatable bonds is 10. The molecule has 236 valence electrons. The van der Waals surface area contributed by atoms with Crippen LogP contribution >= 0.6 is 12.1 Å². The van der Waals surface area contributed by atoms with Crippen LogP contribution in [0.25, 0.3) is 5.76 Å². The zero-order valence-corrected chi connectivity index (χ0v) is 29.6. The Morgan fingerprint density at radius 3 is 1.19 bits per heavy atom. The summed E-state index contributed by atoms with van der Waals surface area (Å²) in [6.45, 7) is 0. The molecule has 48 heavy (non-hydrogen) atoms. The van der Waals surface area contributed by atoms with E-state index in [9.17, 15) is 9.90 Å². The molecule has 1 N–H and O–H groups in total. The highest BCUT2D eigenvalue weighted by molar-refractivity contribution is 8.23. The summed E-state index contributed by atoms with van der Waals surface area (Å²) >= 11 is 14.1. The molecule has 0 radical (unpaired) electrons. The van der Waals surface area contributed by atoms with Gasteiger partial charge in [-0.15, -0.1) is 0 Å². The van der Waals surface area contributed by atoms with Crippen molar-refractivity contribution in [2.24, 2.45) is 0 Å². The minimum atomic E-state index is -2.85. The SMILES string of the molecule is O=C1C([C@H](C[C@@H](c2ccccc2)P(=S)(c2ccccc2)c2ccccc2)P(=S)(c2ccccc2)c2ccccc2)=C(O)c2ccccc21. The van der Waals surface area contributed by atoms with E-state index < -0.39 is 17.7 Å². The fraction of sp³-hybridized carbons (Fsp3) is 0.0714. The lowest BCUT2D eigenvalue weighted by Crippen LogP contribution is -2.32. The van der Waals surface area contributed by atoms with Crippen LogP contribution in [-0.4, -0.2) is 16.5 Å². The Hall–Kier alpha value is -4.17. The van der Waals surface area contributed by atoms with E-state index in [1.807, 2.05) is 72.8 Å². The molecule has 2 nitrogen and oxygen atoms in total. The molecule has 0 saturated heterocycles. The molecule has 2 atom stereocenters. The highest BCUT2D eigenvalue weighted by Crippen LogP contribution is 2.65. The Morgan fingerprint density at radius 2 is 0.792 bits per heavy atom. The van der Waals surface area contributed by atoms with Gasteiger partial charge in [0.2, 0.25) is 0 Å². The van der Waals surface area contributed by atoms with E-state index in [0.717, 1.165) is 26.8 Å². The van der Waals surface area contributed by atoms with Crippen molar-refractivity contribution in [3.8, 4) is 0 Å². The molecule has 0 heterocycles. The number of allylic oxidation sites excluding steroid dienone is 1. The molecule has 0 spiro atoms. The van der Waals surface area contributed by atoms with Crippen molar-refractivity contribution < 1.29 is 9.90 Å². The third kappa shape index (κ3) is 5.68. The van der Waals surface area contributed by atoms with Gasteiger partial charge in [0, 0.05) is 34.5 Å². The Kier molecular flexibility index (Phi) is 9.27. The van der Waals surface area contributed by atoms with E-state index in [4.69, 9.17) is 23.6 Å². The molecule has 0 amide bonds. The number of Topliss-reactive ketones (excluding diaryl/α,β-unsaturated/α-hetero) is 1. The molecule has 0 saturated carbocycles. The second-order valence-electron chi connectivity index (χ2n) is 12.0. The monoisotopic (exact) mass is 696 g/mol. The van der Waals surface area contributed by atoms with Gasteiger partial charge in [-0.3, -0.25) is 4.79 Å². The molecular weight excluding hydrogens is 663 g/mol. The average molecular weight is 697 g/mol. The predicted octanol–water partition coefficient (Wildman–Crippen LogP) is 8.91. The summed E-state index contributed by atoms with van der Waals surface area (Å²) < 4.78 is 0. The molecule has 0 unspecified atom stereocenters. The highest BCUT2D eigenvalue weighted by atomic mass is 32.4. The lowest BCUT2D eigenvalue weighted by atomic mass is 10.0. The van der Waals surface area contributed by atoms with Crippen LogP contribution < -0.4 is 21.2 Å². The molecule has 0 aliphatic heterocycles. The smallest absolute Gasteiger partial charge is 0.194 e. The van der Waals surface area contributed by atoms with Gasteiger partial charge in [-0.25, -0.2) is 0 Å². The van der Waals surface area contributed by atoms with Crippen LogP contribution in [0.1, 0.15) is 33.6 Å². The number of fused-ring (bicyclic) bond motifs is 1. The highest BCUT2D eigenvalue weighted by Gasteiger charge is 2.46. The van der Waals surface area contributed by atoms with Crippen LogP contribution in [-0.2, 0) is 23.6 Å². The number of carbonyl (C=O) groups is 1. The van der Waals surface area contributed by atoms with Crippen LogP contribution in [0.5, 0.6) is 0 Å². The first-order chi connectivity index (χ1) is 23.4. The van der Waals surface area contributed by atoms with Gasteiger partial charge >= 0.3 is 0 Å². The van der Waals surface area contributed by atoms with Gasteiger partial charge in [0.1, 0.15) is 5.76 Å². The van der Waals surface area contributed by atoms with E-state index in [1.165, 1.54) is 0 Å². The van der Waals surface area contributed by atoms with E-state index in [2.05, 4.69) is 97.1 Å². The second kappa shape index (κ2) is 13.7. The molecule has 6 aromatic rings. The lowest BCUT2D eigenvalue weighted by Gasteiger charge is -2.39. The van der Waals surface area contributed by atoms with Gasteiger partial charge in [0.05, 0.1) is 5.57 Å². The maximum atomic E-state index is 14.6. The minimum absolute atomic E-state index is 0.0289. The first-order valence-corrected chi connectivity index (χ1v) is 21.7. The summed E-state index contributed by atoms with van der Waals surface area (Å²) in [5, 5.41) is 16.3. The van der Waals surface area contributed by atoms with Gasteiger partial charge in [-0.05, 0) is 33.2 Å². The molecule has 1 aliphatic rings. The van der Waals surface area contributed by atoms with Crippen molar-refractivity contribution in [1.82, 2.24) is 0 Å². The molecule has 7 rings (SSSR count). The third-order valence-corrected chi connectivity index (χ3v) is 20.4. The van der Waals surface area contributed by atoms with E-state index in [-0.39, 0.29) is 17.2 Å². The van der Waals surface area contributed by atoms with Crippen molar-refractivity contribution in [3.63, 3.8) is 0 Å².